The molecule has 10 heteroatoms. The van der Waals surface area contributed by atoms with Crippen LogP contribution in [0.15, 0.2) is 36.9 Å². The Kier molecular flexibility index (Phi) is 5.30. The number of hydrogen-bond acceptors (Lipinski definition) is 7. The molecule has 4 rings (SSSR count). The number of nitro benzene ring substituents is 1. The Morgan fingerprint density at radius 3 is 2.90 bits per heavy atom. The van der Waals surface area contributed by atoms with Crippen LogP contribution in [0.5, 0.6) is 0 Å². The highest BCUT2D eigenvalue weighted by molar-refractivity contribution is 6.07. The van der Waals surface area contributed by atoms with Crippen LogP contribution in [0.25, 0.3) is 0 Å². The van der Waals surface area contributed by atoms with Crippen molar-refractivity contribution in [2.45, 2.75) is 32.2 Å². The molecule has 30 heavy (non-hydrogen) atoms. The van der Waals surface area contributed by atoms with Crippen molar-refractivity contribution >= 4 is 17.2 Å². The highest BCUT2D eigenvalue weighted by Crippen LogP contribution is 2.35. The number of carbonyl (C=O) groups excluding carboxylic acids is 1. The quantitative estimate of drug-likeness (QED) is 0.349. The molecule has 0 saturated carbocycles. The molecule has 0 spiro atoms. The molecule has 1 aliphatic rings. The molecule has 3 heterocycles. The van der Waals surface area contributed by atoms with Crippen molar-refractivity contribution in [1.82, 2.24) is 24.3 Å². The Labute approximate surface area is 173 Å². The van der Waals surface area contributed by atoms with Gasteiger partial charge in [-0.05, 0) is 31.9 Å². The minimum atomic E-state index is -0.428. The van der Waals surface area contributed by atoms with E-state index in [2.05, 4.69) is 15.2 Å². The molecule has 156 valence electrons. The zero-order chi connectivity index (χ0) is 21.3. The second-order valence-corrected chi connectivity index (χ2v) is 7.41. The number of benzene rings is 1. The van der Waals surface area contributed by atoms with Gasteiger partial charge in [0, 0.05) is 56.6 Å². The van der Waals surface area contributed by atoms with E-state index in [-0.39, 0.29) is 28.8 Å². The third-order valence-corrected chi connectivity index (χ3v) is 5.57. The number of carbonyl (C=O) groups is 1. The maximum Gasteiger partial charge on any atom is 0.293 e. The first-order valence-electron chi connectivity index (χ1n) is 9.92. The summed E-state index contributed by atoms with van der Waals surface area (Å²) in [4.78, 5) is 30.2. The van der Waals surface area contributed by atoms with E-state index in [1.807, 2.05) is 16.4 Å². The summed E-state index contributed by atoms with van der Waals surface area (Å²) >= 11 is 0. The van der Waals surface area contributed by atoms with Gasteiger partial charge < -0.3 is 14.0 Å². The number of hydrogen-bond donors (Lipinski definition) is 0. The number of nitrogens with zero attached hydrogens (tertiary/aromatic N) is 7. The molecule has 1 aliphatic heterocycles. The molecule has 1 atom stereocenters. The van der Waals surface area contributed by atoms with Crippen LogP contribution in [0.2, 0.25) is 0 Å². The molecule has 1 fully saturated rings. The van der Waals surface area contributed by atoms with Crippen LogP contribution in [0.1, 0.15) is 47.7 Å². The Balaban J connectivity index is 1.64. The smallest absolute Gasteiger partial charge is 0.293 e. The van der Waals surface area contributed by atoms with E-state index in [0.717, 1.165) is 25.2 Å². The first-order chi connectivity index (χ1) is 14.5. The maximum absolute atomic E-state index is 12.7. The van der Waals surface area contributed by atoms with Gasteiger partial charge in [-0.25, -0.2) is 4.98 Å². The van der Waals surface area contributed by atoms with Crippen molar-refractivity contribution in [3.63, 3.8) is 0 Å². The summed E-state index contributed by atoms with van der Waals surface area (Å²) in [6.07, 6.45) is 6.76. The number of aryl methyl sites for hydroxylation is 2. The summed E-state index contributed by atoms with van der Waals surface area (Å²) < 4.78 is 3.61. The van der Waals surface area contributed by atoms with Crippen LogP contribution in [-0.2, 0) is 13.6 Å². The lowest BCUT2D eigenvalue weighted by Crippen LogP contribution is -2.35. The van der Waals surface area contributed by atoms with E-state index < -0.39 is 4.92 Å². The molecular formula is C20H23N7O3. The fraction of sp³-hybridized carbons (Fsp3) is 0.400. The number of rotatable bonds is 6. The third-order valence-electron chi connectivity index (χ3n) is 5.57. The fourth-order valence-electron chi connectivity index (χ4n) is 4.02. The van der Waals surface area contributed by atoms with Crippen LogP contribution in [0, 0.1) is 10.1 Å². The molecule has 3 aromatic rings. The van der Waals surface area contributed by atoms with Gasteiger partial charge >= 0.3 is 0 Å². The van der Waals surface area contributed by atoms with Crippen molar-refractivity contribution in [3.05, 3.63) is 64.2 Å². The van der Waals surface area contributed by atoms with Crippen molar-refractivity contribution in [2.75, 3.05) is 18.0 Å². The molecule has 1 unspecified atom stereocenters. The Hall–Kier alpha value is -3.56. The van der Waals surface area contributed by atoms with Gasteiger partial charge in [0.25, 0.3) is 5.69 Å². The highest BCUT2D eigenvalue weighted by Gasteiger charge is 2.29. The van der Waals surface area contributed by atoms with Crippen LogP contribution in [0.4, 0.5) is 11.4 Å². The number of ketones is 1. The van der Waals surface area contributed by atoms with E-state index in [1.165, 1.54) is 12.3 Å². The van der Waals surface area contributed by atoms with E-state index >= 15 is 0 Å². The van der Waals surface area contributed by atoms with Crippen molar-refractivity contribution in [1.29, 1.82) is 0 Å². The van der Waals surface area contributed by atoms with Gasteiger partial charge in [-0.15, -0.1) is 10.2 Å². The average Bonchev–Trinajstić information content (AvgIpc) is 3.41. The molecule has 2 aromatic heterocycles. The number of anilines is 1. The van der Waals surface area contributed by atoms with Crippen molar-refractivity contribution < 1.29 is 9.72 Å². The van der Waals surface area contributed by atoms with Gasteiger partial charge in [0.2, 0.25) is 5.78 Å². The molecule has 0 amide bonds. The molecule has 0 aliphatic carbocycles. The minimum Gasteiger partial charge on any atom is -0.365 e. The van der Waals surface area contributed by atoms with Gasteiger partial charge in [-0.1, -0.05) is 0 Å². The molecule has 1 saturated heterocycles. The Morgan fingerprint density at radius 2 is 2.20 bits per heavy atom. The summed E-state index contributed by atoms with van der Waals surface area (Å²) in [6, 6.07) is 4.66. The second-order valence-electron chi connectivity index (χ2n) is 7.41. The van der Waals surface area contributed by atoms with Gasteiger partial charge in [0.05, 0.1) is 4.92 Å². The zero-order valence-corrected chi connectivity index (χ0v) is 16.9. The zero-order valence-electron chi connectivity index (χ0n) is 16.9. The van der Waals surface area contributed by atoms with Gasteiger partial charge in [-0.2, -0.15) is 0 Å². The number of imidazole rings is 1. The lowest BCUT2D eigenvalue weighted by Gasteiger charge is -2.33. The SMILES string of the molecule is CCn1cnnc1C1CCCN(c2ccc(C(=O)c3nccn3C)cc2[N+](=O)[O-])C1. The van der Waals surface area contributed by atoms with Gasteiger partial charge in [0.1, 0.15) is 17.8 Å². The monoisotopic (exact) mass is 409 g/mol. The van der Waals surface area contributed by atoms with Gasteiger partial charge in [-0.3, -0.25) is 14.9 Å². The lowest BCUT2D eigenvalue weighted by molar-refractivity contribution is -0.384. The standard InChI is InChI=1S/C20H23N7O3/c1-3-25-13-22-23-19(25)15-5-4-9-26(12-15)16-7-6-14(11-17(16)27(29)30)18(28)20-21-8-10-24(20)2/h6-8,10-11,13,15H,3-5,9,12H2,1-2H3. The van der Waals surface area contributed by atoms with Gasteiger partial charge in [0.15, 0.2) is 5.82 Å². The first-order valence-corrected chi connectivity index (χ1v) is 9.92. The average molecular weight is 409 g/mol. The van der Waals surface area contributed by atoms with Crippen molar-refractivity contribution in [2.24, 2.45) is 7.05 Å². The van der Waals surface area contributed by atoms with Crippen LogP contribution in [-0.4, -0.2) is 48.1 Å². The number of nitro groups is 1. The van der Waals surface area contributed by atoms with Crippen molar-refractivity contribution in [3.8, 4) is 0 Å². The molecule has 10 nitrogen and oxygen atoms in total. The molecule has 0 radical (unpaired) electrons. The largest absolute Gasteiger partial charge is 0.365 e. The minimum absolute atomic E-state index is 0.0762. The lowest BCUT2D eigenvalue weighted by atomic mass is 9.96. The number of piperidine rings is 1. The summed E-state index contributed by atoms with van der Waals surface area (Å²) in [6.45, 7) is 4.15. The molecular weight excluding hydrogens is 386 g/mol. The summed E-state index contributed by atoms with van der Waals surface area (Å²) in [5.41, 5.74) is 0.690. The third kappa shape index (κ3) is 3.56. The summed E-state index contributed by atoms with van der Waals surface area (Å²) in [5.74, 6) is 0.958. The normalized spacial score (nSPS) is 16.6. The molecule has 0 bridgehead atoms. The number of aromatic nitrogens is 5. The highest BCUT2D eigenvalue weighted by atomic mass is 16.6. The van der Waals surface area contributed by atoms with E-state index in [4.69, 9.17) is 0 Å². The van der Waals surface area contributed by atoms with E-state index in [0.29, 0.717) is 18.8 Å². The van der Waals surface area contributed by atoms with Crippen LogP contribution < -0.4 is 4.90 Å². The summed E-state index contributed by atoms with van der Waals surface area (Å²) in [5, 5.41) is 20.1. The Bertz CT molecular complexity index is 1090. The second kappa shape index (κ2) is 8.05. The molecule has 1 aromatic carbocycles. The first kappa shape index (κ1) is 19.7. The van der Waals surface area contributed by atoms with E-state index in [9.17, 15) is 14.9 Å². The predicted octanol–water partition coefficient (Wildman–Crippen LogP) is 2.55. The molecule has 0 N–H and O–H groups in total. The maximum atomic E-state index is 12.7. The fourth-order valence-corrected chi connectivity index (χ4v) is 4.02. The summed E-state index contributed by atoms with van der Waals surface area (Å²) in [7, 11) is 1.71. The van der Waals surface area contributed by atoms with E-state index in [1.54, 1.807) is 36.3 Å². The predicted molar refractivity (Wildman–Crippen MR) is 110 cm³/mol. The van der Waals surface area contributed by atoms with Crippen LogP contribution in [0.3, 0.4) is 0 Å². The Morgan fingerprint density at radius 1 is 1.37 bits per heavy atom. The topological polar surface area (TPSA) is 112 Å². The van der Waals surface area contributed by atoms with Crippen LogP contribution >= 0.6 is 0 Å².